The predicted molar refractivity (Wildman–Crippen MR) is 168 cm³/mol. The van der Waals surface area contributed by atoms with Gasteiger partial charge in [0.1, 0.15) is 5.82 Å². The number of anilines is 3. The molecule has 226 valence electrons. The zero-order valence-corrected chi connectivity index (χ0v) is 24.6. The Balaban J connectivity index is 0.000000462. The average molecular weight is 608 g/mol. The zero-order chi connectivity index (χ0) is 31.9. The van der Waals surface area contributed by atoms with Gasteiger partial charge in [0.15, 0.2) is 0 Å². The molecule has 3 aromatic heterocycles. The number of carbonyl (C=O) groups is 3. The molecule has 0 aliphatic rings. The highest BCUT2D eigenvalue weighted by molar-refractivity contribution is 7.22. The van der Waals surface area contributed by atoms with Crippen molar-refractivity contribution in [2.24, 2.45) is 0 Å². The number of aromatic nitrogens is 4. The third-order valence-corrected chi connectivity index (χ3v) is 6.11. The number of fused-ring (bicyclic) bond motifs is 2. The normalized spacial score (nSPS) is 9.84. The van der Waals surface area contributed by atoms with Crippen LogP contribution in [0.5, 0.6) is 0 Å². The van der Waals surface area contributed by atoms with Crippen LogP contribution in [0, 0.1) is 0 Å². The van der Waals surface area contributed by atoms with Crippen molar-refractivity contribution in [3.8, 4) is 10.4 Å². The van der Waals surface area contributed by atoms with Crippen LogP contribution in [0.2, 0.25) is 0 Å². The second kappa shape index (κ2) is 16.8. The van der Waals surface area contributed by atoms with E-state index in [1.54, 1.807) is 23.6 Å². The summed E-state index contributed by atoms with van der Waals surface area (Å²) in [6, 6.07) is 14.8. The molecule has 0 fully saturated rings. The minimum atomic E-state index is -0.833. The van der Waals surface area contributed by atoms with Gasteiger partial charge in [-0.2, -0.15) is 10.1 Å². The number of aromatic amines is 1. The molecule has 3 heterocycles. The summed E-state index contributed by atoms with van der Waals surface area (Å²) in [5.41, 5.74) is 9.98. The van der Waals surface area contributed by atoms with E-state index in [2.05, 4.69) is 67.7 Å². The molecule has 0 saturated carbocycles. The lowest BCUT2D eigenvalue weighted by atomic mass is 10.1. The van der Waals surface area contributed by atoms with Gasteiger partial charge >= 0.3 is 0 Å². The molecule has 0 aliphatic carbocycles. The van der Waals surface area contributed by atoms with Crippen LogP contribution in [0.15, 0.2) is 67.5 Å². The van der Waals surface area contributed by atoms with Crippen molar-refractivity contribution >= 4 is 67.7 Å². The molecule has 0 aliphatic heterocycles. The minimum Gasteiger partial charge on any atom is -0.481 e. The second-order valence-electron chi connectivity index (χ2n) is 8.74. The van der Waals surface area contributed by atoms with Crippen LogP contribution in [0.25, 0.3) is 31.4 Å². The highest BCUT2D eigenvalue weighted by Gasteiger charge is 2.12. The second-order valence-corrected chi connectivity index (χ2v) is 9.83. The molecular weight excluding hydrogens is 574 g/mol. The number of hydrogen-bond donors (Lipinski definition) is 7. The summed E-state index contributed by atoms with van der Waals surface area (Å²) in [4.78, 5) is 36.4. The van der Waals surface area contributed by atoms with Crippen molar-refractivity contribution < 1.29 is 29.7 Å². The summed E-state index contributed by atoms with van der Waals surface area (Å²) < 4.78 is 1.25. The van der Waals surface area contributed by atoms with Crippen LogP contribution in [-0.4, -0.2) is 59.9 Å². The van der Waals surface area contributed by atoms with Crippen LogP contribution in [0.4, 0.5) is 17.5 Å². The first-order valence-electron chi connectivity index (χ1n) is 12.6. The monoisotopic (exact) mass is 607 g/mol. The molecule has 5 rings (SSSR count). The van der Waals surface area contributed by atoms with Gasteiger partial charge < -0.3 is 31.7 Å². The van der Waals surface area contributed by atoms with E-state index in [1.165, 1.54) is 20.5 Å². The summed E-state index contributed by atoms with van der Waals surface area (Å²) in [6.45, 7) is 8.61. The topological polar surface area (TPSA) is 216 Å². The Kier molecular flexibility index (Phi) is 13.2. The van der Waals surface area contributed by atoms with E-state index >= 15 is 0 Å². The van der Waals surface area contributed by atoms with Crippen molar-refractivity contribution in [2.45, 2.75) is 27.3 Å². The zero-order valence-electron chi connectivity index (χ0n) is 23.8. The summed E-state index contributed by atoms with van der Waals surface area (Å²) in [7, 11) is 0. The fourth-order valence-electron chi connectivity index (χ4n) is 3.57. The number of benzene rings is 2. The summed E-state index contributed by atoms with van der Waals surface area (Å²) in [6.07, 6.45) is 5.33. The van der Waals surface area contributed by atoms with Crippen LogP contribution >= 0.6 is 11.3 Å². The Bertz CT molecular complexity index is 1660. The molecule has 0 spiro atoms. The highest BCUT2D eigenvalue weighted by Crippen LogP contribution is 2.39. The summed E-state index contributed by atoms with van der Waals surface area (Å²) in [5.74, 6) is -1.62. The van der Waals surface area contributed by atoms with E-state index in [-0.39, 0.29) is 5.95 Å². The Labute approximate surface area is 251 Å². The van der Waals surface area contributed by atoms with Gasteiger partial charge in [0.25, 0.3) is 17.9 Å². The highest BCUT2D eigenvalue weighted by atomic mass is 32.1. The maximum atomic E-state index is 9.00. The van der Waals surface area contributed by atoms with Crippen molar-refractivity contribution in [3.05, 3.63) is 73.1 Å². The standard InChI is InChI=1S/C23H21N7S.3C2H4O2/c1-2-6-25-12-14-3-4-19-15(8-14)10-20(31-19)18-11-17(9-16-13-27-30-22(16)18)28-21-5-7-26-23(24)29-21;3*1-2(3)4/h2-5,7-11,13,25H,1,6,12H2,(H,27,30)(H3,24,26,28,29);3*1H3,(H,3,4). The summed E-state index contributed by atoms with van der Waals surface area (Å²) >= 11 is 1.77. The van der Waals surface area contributed by atoms with Gasteiger partial charge in [-0.05, 0) is 47.3 Å². The van der Waals surface area contributed by atoms with Gasteiger partial charge in [0, 0.05) is 66.3 Å². The molecule has 0 atom stereocenters. The number of carboxylic acids is 3. The number of nitrogen functional groups attached to an aromatic ring is 1. The molecule has 5 aromatic rings. The minimum absolute atomic E-state index is 0.234. The van der Waals surface area contributed by atoms with Crippen LogP contribution in [-0.2, 0) is 20.9 Å². The Morgan fingerprint density at radius 2 is 1.67 bits per heavy atom. The molecule has 43 heavy (non-hydrogen) atoms. The first kappa shape index (κ1) is 33.9. The molecule has 0 amide bonds. The fraction of sp³-hybridized carbons (Fsp3) is 0.172. The fourth-order valence-corrected chi connectivity index (χ4v) is 4.63. The molecule has 0 bridgehead atoms. The molecule has 0 saturated heterocycles. The van der Waals surface area contributed by atoms with E-state index in [0.29, 0.717) is 5.82 Å². The quantitative estimate of drug-likeness (QED) is 0.0949. The number of H-pyrrole nitrogens is 1. The van der Waals surface area contributed by atoms with Gasteiger partial charge in [-0.1, -0.05) is 12.1 Å². The van der Waals surface area contributed by atoms with Gasteiger partial charge in [-0.15, -0.1) is 17.9 Å². The van der Waals surface area contributed by atoms with Crippen LogP contribution in [0.3, 0.4) is 0 Å². The largest absolute Gasteiger partial charge is 0.481 e. The molecule has 0 radical (unpaired) electrons. The lowest BCUT2D eigenvalue weighted by Gasteiger charge is -2.08. The van der Waals surface area contributed by atoms with Gasteiger partial charge in [-0.3, -0.25) is 19.5 Å². The van der Waals surface area contributed by atoms with Crippen LogP contribution < -0.4 is 16.4 Å². The third kappa shape index (κ3) is 12.0. The number of nitrogens with two attached hydrogens (primary N) is 1. The van der Waals surface area contributed by atoms with Crippen molar-refractivity contribution in [2.75, 3.05) is 17.6 Å². The Morgan fingerprint density at radius 3 is 2.30 bits per heavy atom. The van der Waals surface area contributed by atoms with E-state index in [1.807, 2.05) is 18.3 Å². The number of carboxylic acid groups (broad SMARTS) is 3. The number of hydrogen-bond acceptors (Lipinski definition) is 10. The lowest BCUT2D eigenvalue weighted by molar-refractivity contribution is -0.135. The van der Waals surface area contributed by atoms with Crippen LogP contribution in [0.1, 0.15) is 26.3 Å². The molecule has 14 heteroatoms. The maximum Gasteiger partial charge on any atom is 0.300 e. The molecule has 0 unspecified atom stereocenters. The van der Waals surface area contributed by atoms with E-state index in [0.717, 1.165) is 56.0 Å². The number of nitrogens with zero attached hydrogens (tertiary/aromatic N) is 3. The lowest BCUT2D eigenvalue weighted by Crippen LogP contribution is -2.12. The van der Waals surface area contributed by atoms with Crippen molar-refractivity contribution in [1.82, 2.24) is 25.5 Å². The Morgan fingerprint density at radius 1 is 1.00 bits per heavy atom. The SMILES string of the molecule is C=CCNCc1ccc2sc(-c3cc(Nc4ccnc(N)n4)cc4cn[nH]c34)cc2c1.CC(=O)O.CC(=O)O.CC(=O)O. The first-order valence-corrected chi connectivity index (χ1v) is 13.5. The van der Waals surface area contributed by atoms with Gasteiger partial charge in [-0.25, -0.2) is 4.98 Å². The predicted octanol–water partition coefficient (Wildman–Crippen LogP) is 5.11. The molecule has 13 nitrogen and oxygen atoms in total. The average Bonchev–Trinajstić information content (AvgIpc) is 3.54. The Hall–Kier alpha value is -5.34. The van der Waals surface area contributed by atoms with E-state index in [9.17, 15) is 0 Å². The molecule has 2 aromatic carbocycles. The van der Waals surface area contributed by atoms with E-state index < -0.39 is 17.9 Å². The first-order chi connectivity index (χ1) is 20.4. The number of aliphatic carboxylic acids is 3. The number of nitrogens with one attached hydrogen (secondary N) is 3. The number of rotatable bonds is 7. The third-order valence-electron chi connectivity index (χ3n) is 4.96. The van der Waals surface area contributed by atoms with Crippen molar-refractivity contribution in [1.29, 1.82) is 0 Å². The number of thiophene rings is 1. The molecule has 8 N–H and O–H groups in total. The van der Waals surface area contributed by atoms with Gasteiger partial charge in [0.05, 0.1) is 11.7 Å². The van der Waals surface area contributed by atoms with Crippen molar-refractivity contribution in [3.63, 3.8) is 0 Å². The smallest absolute Gasteiger partial charge is 0.300 e. The van der Waals surface area contributed by atoms with E-state index in [4.69, 9.17) is 35.4 Å². The van der Waals surface area contributed by atoms with Gasteiger partial charge in [0.2, 0.25) is 5.95 Å². The summed E-state index contributed by atoms with van der Waals surface area (Å²) in [5, 5.41) is 38.6. The maximum absolute atomic E-state index is 9.00. The molecular formula is C29H33N7O6S.